The van der Waals surface area contributed by atoms with Crippen LogP contribution in [-0.2, 0) is 0 Å². The summed E-state index contributed by atoms with van der Waals surface area (Å²) in [6.07, 6.45) is 0. The number of hydrogen-bond donors (Lipinski definition) is 1. The molecule has 1 N–H and O–H groups in total. The zero-order valence-electron chi connectivity index (χ0n) is 16.2. The third kappa shape index (κ3) is 4.22. The van der Waals surface area contributed by atoms with Gasteiger partial charge in [-0.05, 0) is 55.8 Å². The van der Waals surface area contributed by atoms with E-state index in [9.17, 15) is 4.39 Å². The van der Waals surface area contributed by atoms with E-state index < -0.39 is 0 Å². The molecule has 0 unspecified atom stereocenters. The molecule has 1 aromatic heterocycles. The summed E-state index contributed by atoms with van der Waals surface area (Å²) in [7, 11) is 0. The Balaban J connectivity index is 1.46. The first kappa shape index (κ1) is 18.2. The van der Waals surface area contributed by atoms with Crippen molar-refractivity contribution in [3.8, 4) is 0 Å². The van der Waals surface area contributed by atoms with Gasteiger partial charge in [0.15, 0.2) is 0 Å². The van der Waals surface area contributed by atoms with Gasteiger partial charge in [-0.15, -0.1) is 0 Å². The van der Waals surface area contributed by atoms with Crippen LogP contribution in [0.2, 0.25) is 0 Å². The van der Waals surface area contributed by atoms with Gasteiger partial charge in [0.05, 0.1) is 0 Å². The summed E-state index contributed by atoms with van der Waals surface area (Å²) in [6, 6.07) is 16.9. The van der Waals surface area contributed by atoms with Crippen LogP contribution in [0.4, 0.5) is 27.4 Å². The quantitative estimate of drug-likeness (QED) is 0.734. The summed E-state index contributed by atoms with van der Waals surface area (Å²) in [4.78, 5) is 13.8. The van der Waals surface area contributed by atoms with Crippen LogP contribution in [0.5, 0.6) is 0 Å². The van der Waals surface area contributed by atoms with Crippen molar-refractivity contribution >= 4 is 23.0 Å². The molecule has 0 saturated carbocycles. The zero-order valence-corrected chi connectivity index (χ0v) is 16.2. The highest BCUT2D eigenvalue weighted by Gasteiger charge is 2.19. The van der Waals surface area contributed by atoms with Crippen molar-refractivity contribution in [2.45, 2.75) is 13.8 Å². The van der Waals surface area contributed by atoms with Gasteiger partial charge in [-0.2, -0.15) is 0 Å². The van der Waals surface area contributed by atoms with Gasteiger partial charge < -0.3 is 15.1 Å². The zero-order chi connectivity index (χ0) is 19.5. The third-order valence-corrected chi connectivity index (χ3v) is 4.91. The first-order chi connectivity index (χ1) is 13.6. The van der Waals surface area contributed by atoms with Crippen LogP contribution in [0.1, 0.15) is 11.4 Å². The molecular formula is C22H24FN5. The minimum absolute atomic E-state index is 0.253. The van der Waals surface area contributed by atoms with Crippen molar-refractivity contribution in [2.75, 3.05) is 41.3 Å². The Labute approximate surface area is 164 Å². The number of benzene rings is 2. The molecule has 1 saturated heterocycles. The lowest BCUT2D eigenvalue weighted by molar-refractivity contribution is 0.628. The van der Waals surface area contributed by atoms with Crippen molar-refractivity contribution in [1.82, 2.24) is 9.97 Å². The first-order valence-corrected chi connectivity index (χ1v) is 9.52. The van der Waals surface area contributed by atoms with E-state index in [0.29, 0.717) is 5.82 Å². The first-order valence-electron chi connectivity index (χ1n) is 9.52. The Kier molecular flexibility index (Phi) is 5.10. The van der Waals surface area contributed by atoms with E-state index in [4.69, 9.17) is 0 Å². The average molecular weight is 377 g/mol. The topological polar surface area (TPSA) is 44.3 Å². The Bertz CT molecular complexity index is 949. The third-order valence-electron chi connectivity index (χ3n) is 4.91. The van der Waals surface area contributed by atoms with Gasteiger partial charge >= 0.3 is 0 Å². The predicted molar refractivity (Wildman–Crippen MR) is 112 cm³/mol. The maximum Gasteiger partial charge on any atom is 0.136 e. The molecule has 2 heterocycles. The second-order valence-corrected chi connectivity index (χ2v) is 7.10. The normalized spacial score (nSPS) is 14.2. The Morgan fingerprint density at radius 1 is 0.857 bits per heavy atom. The summed E-state index contributed by atoms with van der Waals surface area (Å²) < 4.78 is 13.1. The summed E-state index contributed by atoms with van der Waals surface area (Å²) in [5.41, 5.74) is 3.36. The number of aryl methyl sites for hydroxylation is 2. The molecular weight excluding hydrogens is 353 g/mol. The van der Waals surface area contributed by atoms with Crippen LogP contribution in [-0.4, -0.2) is 36.1 Å². The predicted octanol–water partition coefficient (Wildman–Crippen LogP) is 4.30. The van der Waals surface area contributed by atoms with Crippen molar-refractivity contribution in [2.24, 2.45) is 0 Å². The monoisotopic (exact) mass is 377 g/mol. The molecule has 0 bridgehead atoms. The van der Waals surface area contributed by atoms with E-state index in [-0.39, 0.29) is 5.82 Å². The molecule has 4 rings (SSSR count). The molecule has 1 aliphatic rings. The smallest absolute Gasteiger partial charge is 0.136 e. The average Bonchev–Trinajstić information content (AvgIpc) is 2.69. The number of anilines is 4. The SMILES string of the molecule is Cc1cccc(N2CCN(c3cc(Nc4ccc(F)cc4)nc(C)n3)CC2)c1. The van der Waals surface area contributed by atoms with E-state index in [0.717, 1.165) is 43.5 Å². The summed E-state index contributed by atoms with van der Waals surface area (Å²) in [6.45, 7) is 7.72. The minimum atomic E-state index is -0.253. The molecule has 0 radical (unpaired) electrons. The summed E-state index contributed by atoms with van der Waals surface area (Å²) >= 11 is 0. The number of piperazine rings is 1. The van der Waals surface area contributed by atoms with Gasteiger partial charge in [0, 0.05) is 43.6 Å². The largest absolute Gasteiger partial charge is 0.368 e. The van der Waals surface area contributed by atoms with Crippen LogP contribution in [0.25, 0.3) is 0 Å². The molecule has 1 aliphatic heterocycles. The molecule has 144 valence electrons. The van der Waals surface area contributed by atoms with Gasteiger partial charge in [0.2, 0.25) is 0 Å². The molecule has 5 nitrogen and oxygen atoms in total. The van der Waals surface area contributed by atoms with Crippen LogP contribution < -0.4 is 15.1 Å². The van der Waals surface area contributed by atoms with Crippen molar-refractivity contribution in [1.29, 1.82) is 0 Å². The Morgan fingerprint density at radius 3 is 2.29 bits per heavy atom. The minimum Gasteiger partial charge on any atom is -0.368 e. The fourth-order valence-corrected chi connectivity index (χ4v) is 3.48. The van der Waals surface area contributed by atoms with Crippen LogP contribution >= 0.6 is 0 Å². The van der Waals surface area contributed by atoms with Crippen LogP contribution in [0.3, 0.4) is 0 Å². The number of nitrogens with zero attached hydrogens (tertiary/aromatic N) is 4. The maximum absolute atomic E-state index is 13.1. The lowest BCUT2D eigenvalue weighted by Crippen LogP contribution is -2.47. The highest BCUT2D eigenvalue weighted by atomic mass is 19.1. The lowest BCUT2D eigenvalue weighted by atomic mass is 10.2. The highest BCUT2D eigenvalue weighted by molar-refractivity contribution is 5.60. The second-order valence-electron chi connectivity index (χ2n) is 7.10. The number of halogens is 1. The lowest BCUT2D eigenvalue weighted by Gasteiger charge is -2.37. The van der Waals surface area contributed by atoms with E-state index >= 15 is 0 Å². The van der Waals surface area contributed by atoms with Gasteiger partial charge in [-0.1, -0.05) is 12.1 Å². The summed E-state index contributed by atoms with van der Waals surface area (Å²) in [5.74, 6) is 2.09. The van der Waals surface area contributed by atoms with E-state index in [1.807, 2.05) is 13.0 Å². The second kappa shape index (κ2) is 7.84. The van der Waals surface area contributed by atoms with Gasteiger partial charge in [0.1, 0.15) is 23.3 Å². The standard InChI is InChI=1S/C22H24FN5/c1-16-4-3-5-20(14-16)27-10-12-28(13-11-27)22-15-21(24-17(2)25-22)26-19-8-6-18(23)7-9-19/h3-9,14-15H,10-13H2,1-2H3,(H,24,25,26). The van der Waals surface area contributed by atoms with E-state index in [2.05, 4.69) is 56.3 Å². The molecule has 0 atom stereocenters. The highest BCUT2D eigenvalue weighted by Crippen LogP contribution is 2.23. The fourth-order valence-electron chi connectivity index (χ4n) is 3.48. The number of aromatic nitrogens is 2. The number of rotatable bonds is 4. The molecule has 6 heteroatoms. The molecule has 3 aromatic rings. The molecule has 1 fully saturated rings. The number of hydrogen-bond acceptors (Lipinski definition) is 5. The number of nitrogens with one attached hydrogen (secondary N) is 1. The van der Waals surface area contributed by atoms with Crippen molar-refractivity contribution in [3.63, 3.8) is 0 Å². The van der Waals surface area contributed by atoms with E-state index in [1.54, 1.807) is 12.1 Å². The van der Waals surface area contributed by atoms with Crippen LogP contribution in [0.15, 0.2) is 54.6 Å². The fraction of sp³-hybridized carbons (Fsp3) is 0.273. The van der Waals surface area contributed by atoms with Gasteiger partial charge in [0.25, 0.3) is 0 Å². The van der Waals surface area contributed by atoms with Gasteiger partial charge in [-0.25, -0.2) is 14.4 Å². The molecule has 2 aromatic carbocycles. The van der Waals surface area contributed by atoms with Crippen molar-refractivity contribution in [3.05, 3.63) is 71.8 Å². The molecule has 0 spiro atoms. The Hall–Kier alpha value is -3.15. The summed E-state index contributed by atoms with van der Waals surface area (Å²) in [5, 5.41) is 3.24. The van der Waals surface area contributed by atoms with Crippen molar-refractivity contribution < 1.29 is 4.39 Å². The molecule has 28 heavy (non-hydrogen) atoms. The molecule has 0 amide bonds. The van der Waals surface area contributed by atoms with Gasteiger partial charge in [-0.3, -0.25) is 0 Å². The van der Waals surface area contributed by atoms with Crippen LogP contribution in [0, 0.1) is 19.7 Å². The maximum atomic E-state index is 13.1. The van der Waals surface area contributed by atoms with E-state index in [1.165, 1.54) is 23.4 Å². The molecule has 0 aliphatic carbocycles. The Morgan fingerprint density at radius 2 is 1.57 bits per heavy atom.